The molecule has 0 atom stereocenters. The third-order valence-corrected chi connectivity index (χ3v) is 4.94. The van der Waals surface area contributed by atoms with Crippen LogP contribution >= 0.6 is 0 Å². The minimum Gasteiger partial charge on any atom is -0.493 e. The van der Waals surface area contributed by atoms with Crippen LogP contribution in [-0.4, -0.2) is 29.2 Å². The third kappa shape index (κ3) is 3.45. The molecule has 1 aliphatic heterocycles. The van der Waals surface area contributed by atoms with Gasteiger partial charge < -0.3 is 14.2 Å². The number of aromatic nitrogens is 2. The molecule has 5 heteroatoms. The number of aryl methyl sites for hydroxylation is 2. The SMILES string of the molecule is Cc1ccccc1OCC1(C)CCN(c2nccn(C)c2=O)CC1. The summed E-state index contributed by atoms with van der Waals surface area (Å²) >= 11 is 0. The van der Waals surface area contributed by atoms with Crippen molar-refractivity contribution in [1.82, 2.24) is 9.55 Å². The number of benzene rings is 1. The molecule has 1 aliphatic rings. The highest BCUT2D eigenvalue weighted by atomic mass is 16.5. The molecular formula is C19H25N3O2. The molecule has 0 unspecified atom stereocenters. The van der Waals surface area contributed by atoms with Gasteiger partial charge in [0, 0.05) is 37.9 Å². The van der Waals surface area contributed by atoms with Gasteiger partial charge in [-0.2, -0.15) is 0 Å². The van der Waals surface area contributed by atoms with E-state index in [4.69, 9.17) is 4.74 Å². The van der Waals surface area contributed by atoms with Gasteiger partial charge in [-0.3, -0.25) is 4.79 Å². The van der Waals surface area contributed by atoms with Crippen molar-refractivity contribution in [2.24, 2.45) is 12.5 Å². The number of nitrogens with zero attached hydrogens (tertiary/aromatic N) is 3. The Kier molecular flexibility index (Phi) is 4.60. The van der Waals surface area contributed by atoms with Crippen molar-refractivity contribution in [2.45, 2.75) is 26.7 Å². The van der Waals surface area contributed by atoms with Crippen molar-refractivity contribution in [3.05, 3.63) is 52.6 Å². The summed E-state index contributed by atoms with van der Waals surface area (Å²) in [6, 6.07) is 8.11. The Balaban J connectivity index is 1.62. The molecule has 1 aromatic carbocycles. The minimum atomic E-state index is -0.0303. The molecule has 3 rings (SSSR count). The van der Waals surface area contributed by atoms with Gasteiger partial charge in [0.2, 0.25) is 0 Å². The van der Waals surface area contributed by atoms with Gasteiger partial charge in [-0.15, -0.1) is 0 Å². The highest BCUT2D eigenvalue weighted by molar-refractivity contribution is 5.36. The fraction of sp³-hybridized carbons (Fsp3) is 0.474. The first kappa shape index (κ1) is 16.6. The Morgan fingerprint density at radius 3 is 2.67 bits per heavy atom. The summed E-state index contributed by atoms with van der Waals surface area (Å²) < 4.78 is 7.64. The standard InChI is InChI=1S/C19H25N3O2/c1-15-6-4-5-7-16(15)24-14-19(2)8-11-22(12-9-19)17-18(23)21(3)13-10-20-17/h4-7,10,13H,8-9,11-12,14H2,1-3H3. The molecule has 5 nitrogen and oxygen atoms in total. The fourth-order valence-corrected chi connectivity index (χ4v) is 3.07. The van der Waals surface area contributed by atoms with Crippen LogP contribution < -0.4 is 15.2 Å². The molecule has 0 saturated carbocycles. The molecule has 0 radical (unpaired) electrons. The van der Waals surface area contributed by atoms with E-state index in [1.165, 1.54) is 0 Å². The molecular weight excluding hydrogens is 302 g/mol. The number of piperidine rings is 1. The van der Waals surface area contributed by atoms with Gasteiger partial charge in [-0.25, -0.2) is 4.98 Å². The van der Waals surface area contributed by atoms with Crippen LogP contribution in [0.2, 0.25) is 0 Å². The molecule has 128 valence electrons. The molecule has 0 N–H and O–H groups in total. The van der Waals surface area contributed by atoms with Crippen LogP contribution in [0.4, 0.5) is 5.82 Å². The van der Waals surface area contributed by atoms with Crippen molar-refractivity contribution in [3.63, 3.8) is 0 Å². The van der Waals surface area contributed by atoms with Crippen molar-refractivity contribution < 1.29 is 4.74 Å². The summed E-state index contributed by atoms with van der Waals surface area (Å²) in [5, 5.41) is 0. The van der Waals surface area contributed by atoms with Gasteiger partial charge in [0.15, 0.2) is 5.82 Å². The van der Waals surface area contributed by atoms with E-state index in [9.17, 15) is 4.79 Å². The van der Waals surface area contributed by atoms with E-state index in [-0.39, 0.29) is 11.0 Å². The number of anilines is 1. The summed E-state index contributed by atoms with van der Waals surface area (Å²) in [6.07, 6.45) is 5.35. The van der Waals surface area contributed by atoms with Gasteiger partial charge in [-0.1, -0.05) is 25.1 Å². The first-order valence-electron chi connectivity index (χ1n) is 8.44. The average molecular weight is 327 g/mol. The lowest BCUT2D eigenvalue weighted by Crippen LogP contribution is -2.44. The lowest BCUT2D eigenvalue weighted by Gasteiger charge is -2.39. The largest absolute Gasteiger partial charge is 0.493 e. The Morgan fingerprint density at radius 2 is 1.96 bits per heavy atom. The van der Waals surface area contributed by atoms with Crippen LogP contribution in [0.1, 0.15) is 25.3 Å². The zero-order chi connectivity index (χ0) is 17.2. The van der Waals surface area contributed by atoms with Crippen molar-refractivity contribution in [2.75, 3.05) is 24.6 Å². The van der Waals surface area contributed by atoms with Crippen molar-refractivity contribution >= 4 is 5.82 Å². The molecule has 1 saturated heterocycles. The molecule has 0 bridgehead atoms. The number of hydrogen-bond donors (Lipinski definition) is 0. The quantitative estimate of drug-likeness (QED) is 0.866. The van der Waals surface area contributed by atoms with Crippen molar-refractivity contribution in [1.29, 1.82) is 0 Å². The fourth-order valence-electron chi connectivity index (χ4n) is 3.07. The monoisotopic (exact) mass is 327 g/mol. The van der Waals surface area contributed by atoms with Crippen LogP contribution in [0.25, 0.3) is 0 Å². The maximum Gasteiger partial charge on any atom is 0.293 e. The van der Waals surface area contributed by atoms with Gasteiger partial charge in [0.1, 0.15) is 5.75 Å². The van der Waals surface area contributed by atoms with Gasteiger partial charge in [0.25, 0.3) is 5.56 Å². The number of hydrogen-bond acceptors (Lipinski definition) is 4. The molecule has 2 heterocycles. The zero-order valence-corrected chi connectivity index (χ0v) is 14.7. The van der Waals surface area contributed by atoms with Gasteiger partial charge in [0.05, 0.1) is 6.61 Å². The Morgan fingerprint density at radius 1 is 1.25 bits per heavy atom. The first-order chi connectivity index (χ1) is 11.5. The highest BCUT2D eigenvalue weighted by Crippen LogP contribution is 2.33. The van der Waals surface area contributed by atoms with Crippen LogP contribution in [0.15, 0.2) is 41.5 Å². The number of ether oxygens (including phenoxy) is 1. The van der Waals surface area contributed by atoms with Crippen LogP contribution in [0, 0.1) is 12.3 Å². The predicted molar refractivity (Wildman–Crippen MR) is 95.7 cm³/mol. The van der Waals surface area contributed by atoms with E-state index in [1.54, 1.807) is 24.0 Å². The van der Waals surface area contributed by atoms with Gasteiger partial charge >= 0.3 is 0 Å². The van der Waals surface area contributed by atoms with E-state index >= 15 is 0 Å². The highest BCUT2D eigenvalue weighted by Gasteiger charge is 2.32. The molecule has 0 spiro atoms. The smallest absolute Gasteiger partial charge is 0.293 e. The Labute approximate surface area is 142 Å². The lowest BCUT2D eigenvalue weighted by atomic mass is 9.81. The first-order valence-corrected chi connectivity index (χ1v) is 8.44. The van der Waals surface area contributed by atoms with E-state index < -0.39 is 0 Å². The Bertz CT molecular complexity index is 761. The molecule has 0 aliphatic carbocycles. The van der Waals surface area contributed by atoms with Gasteiger partial charge in [-0.05, 0) is 31.4 Å². The number of para-hydroxylation sites is 1. The normalized spacial score (nSPS) is 16.9. The maximum absolute atomic E-state index is 12.2. The maximum atomic E-state index is 12.2. The van der Waals surface area contributed by atoms with Crippen LogP contribution in [0.5, 0.6) is 5.75 Å². The second-order valence-electron chi connectivity index (χ2n) is 7.02. The topological polar surface area (TPSA) is 47.4 Å². The third-order valence-electron chi connectivity index (χ3n) is 4.94. The molecule has 24 heavy (non-hydrogen) atoms. The summed E-state index contributed by atoms with van der Waals surface area (Å²) in [5.41, 5.74) is 1.26. The second kappa shape index (κ2) is 6.67. The lowest BCUT2D eigenvalue weighted by molar-refractivity contribution is 0.130. The molecule has 2 aromatic rings. The molecule has 1 fully saturated rings. The van der Waals surface area contributed by atoms with Crippen LogP contribution in [-0.2, 0) is 7.05 Å². The van der Waals surface area contributed by atoms with E-state index in [1.807, 2.05) is 18.2 Å². The predicted octanol–water partition coefficient (Wildman–Crippen LogP) is 2.77. The minimum absolute atomic E-state index is 0.0303. The zero-order valence-electron chi connectivity index (χ0n) is 14.7. The average Bonchev–Trinajstić information content (AvgIpc) is 2.58. The van der Waals surface area contributed by atoms with E-state index in [2.05, 4.69) is 29.8 Å². The second-order valence-corrected chi connectivity index (χ2v) is 7.02. The van der Waals surface area contributed by atoms with Crippen molar-refractivity contribution in [3.8, 4) is 5.75 Å². The molecule has 1 aromatic heterocycles. The van der Waals surface area contributed by atoms with Crippen LogP contribution in [0.3, 0.4) is 0 Å². The van der Waals surface area contributed by atoms with E-state index in [0.29, 0.717) is 12.4 Å². The summed E-state index contributed by atoms with van der Waals surface area (Å²) in [5.74, 6) is 1.52. The number of rotatable bonds is 4. The molecule has 0 amide bonds. The Hall–Kier alpha value is -2.30. The summed E-state index contributed by atoms with van der Waals surface area (Å²) in [7, 11) is 1.76. The summed E-state index contributed by atoms with van der Waals surface area (Å²) in [6.45, 7) is 6.70. The van der Waals surface area contributed by atoms with E-state index in [0.717, 1.165) is 37.2 Å². The summed E-state index contributed by atoms with van der Waals surface area (Å²) in [4.78, 5) is 18.6.